The van der Waals surface area contributed by atoms with Crippen LogP contribution >= 0.6 is 0 Å². The largest absolute Gasteiger partial charge is 0.356 e. The summed E-state index contributed by atoms with van der Waals surface area (Å²) in [5.41, 5.74) is 0. The molecule has 1 aromatic rings. The molecule has 2 atom stereocenters. The first-order chi connectivity index (χ1) is 13.7. The molecular weight excluding hydrogens is 356 g/mol. The van der Waals surface area contributed by atoms with Gasteiger partial charge in [-0.25, -0.2) is 0 Å². The lowest BCUT2D eigenvalue weighted by Gasteiger charge is -2.32. The summed E-state index contributed by atoms with van der Waals surface area (Å²) < 4.78 is 5.11. The van der Waals surface area contributed by atoms with Crippen LogP contribution in [0.25, 0.3) is 0 Å². The van der Waals surface area contributed by atoms with E-state index in [1.165, 1.54) is 45.4 Å². The minimum Gasteiger partial charge on any atom is -0.356 e. The van der Waals surface area contributed by atoms with Crippen LogP contribution in [0.1, 0.15) is 32.1 Å². The van der Waals surface area contributed by atoms with Crippen LogP contribution in [-0.2, 0) is 4.79 Å². The molecule has 0 radical (unpaired) electrons. The van der Waals surface area contributed by atoms with Crippen LogP contribution in [0.15, 0.2) is 10.7 Å². The maximum absolute atomic E-state index is 12.6. The van der Waals surface area contributed by atoms with Crippen molar-refractivity contribution in [3.8, 4) is 0 Å². The molecule has 8 nitrogen and oxygen atoms in total. The second-order valence-electron chi connectivity index (χ2n) is 8.95. The Morgan fingerprint density at radius 3 is 2.75 bits per heavy atom. The number of rotatable bonds is 6. The van der Waals surface area contributed by atoms with E-state index in [0.717, 1.165) is 44.9 Å². The zero-order valence-corrected chi connectivity index (χ0v) is 17.1. The minimum absolute atomic E-state index is 0.113. The molecule has 3 saturated heterocycles. The maximum Gasteiger partial charge on any atom is 0.247 e. The van der Waals surface area contributed by atoms with Gasteiger partial charge in [-0.3, -0.25) is 4.79 Å². The number of aromatic nitrogens is 2. The van der Waals surface area contributed by atoms with E-state index in [0.29, 0.717) is 11.8 Å². The van der Waals surface area contributed by atoms with Crippen LogP contribution in [0.5, 0.6) is 0 Å². The first-order valence-electron chi connectivity index (χ1n) is 10.9. The third kappa shape index (κ3) is 5.03. The van der Waals surface area contributed by atoms with E-state index in [1.54, 1.807) is 6.20 Å². The van der Waals surface area contributed by atoms with E-state index in [4.69, 9.17) is 4.52 Å². The van der Waals surface area contributed by atoms with E-state index in [1.807, 2.05) is 0 Å². The molecule has 0 saturated carbocycles. The quantitative estimate of drug-likeness (QED) is 0.778. The van der Waals surface area contributed by atoms with Gasteiger partial charge >= 0.3 is 0 Å². The Labute approximate surface area is 167 Å². The number of amides is 1. The Morgan fingerprint density at radius 1 is 1.14 bits per heavy atom. The zero-order valence-electron chi connectivity index (χ0n) is 17.1. The number of piperidine rings is 2. The smallest absolute Gasteiger partial charge is 0.247 e. The van der Waals surface area contributed by atoms with Crippen LogP contribution in [-0.4, -0.2) is 85.5 Å². The molecule has 3 aliphatic heterocycles. The molecule has 1 aromatic heterocycles. The fourth-order valence-electron chi connectivity index (χ4n) is 5.09. The second-order valence-corrected chi connectivity index (χ2v) is 8.95. The van der Waals surface area contributed by atoms with Gasteiger partial charge in [-0.1, -0.05) is 0 Å². The summed E-state index contributed by atoms with van der Waals surface area (Å²) >= 11 is 0. The highest BCUT2D eigenvalue weighted by molar-refractivity contribution is 5.78. The number of nitrogens with one attached hydrogen (secondary N) is 1. The summed E-state index contributed by atoms with van der Waals surface area (Å²) in [6.07, 6.45) is 7.26. The van der Waals surface area contributed by atoms with Crippen LogP contribution in [0.2, 0.25) is 0 Å². The lowest BCUT2D eigenvalue weighted by atomic mass is 9.95. The van der Waals surface area contributed by atoms with Crippen molar-refractivity contribution in [2.24, 2.45) is 17.8 Å². The van der Waals surface area contributed by atoms with E-state index in [-0.39, 0.29) is 11.8 Å². The molecule has 0 spiro atoms. The number of carbonyl (C=O) groups is 1. The van der Waals surface area contributed by atoms with Crippen LogP contribution in [0, 0.1) is 17.8 Å². The summed E-state index contributed by atoms with van der Waals surface area (Å²) in [4.78, 5) is 19.8. The van der Waals surface area contributed by atoms with Gasteiger partial charge in [0, 0.05) is 50.5 Å². The third-order valence-electron chi connectivity index (χ3n) is 6.70. The molecule has 1 N–H and O–H groups in total. The Bertz CT molecular complexity index is 616. The molecule has 0 aromatic carbocycles. The molecule has 0 bridgehead atoms. The van der Waals surface area contributed by atoms with Gasteiger partial charge < -0.3 is 24.5 Å². The van der Waals surface area contributed by atoms with Crippen molar-refractivity contribution < 1.29 is 9.32 Å². The Morgan fingerprint density at radius 2 is 2.00 bits per heavy atom. The molecule has 0 aliphatic carbocycles. The number of anilines is 1. The molecule has 1 unspecified atom stereocenters. The molecule has 8 heteroatoms. The van der Waals surface area contributed by atoms with E-state index < -0.39 is 0 Å². The zero-order chi connectivity index (χ0) is 19.3. The second kappa shape index (κ2) is 9.22. The number of likely N-dealkylation sites (tertiary alicyclic amines) is 2. The van der Waals surface area contributed by atoms with Gasteiger partial charge in [0.25, 0.3) is 0 Å². The van der Waals surface area contributed by atoms with Gasteiger partial charge in [-0.05, 0) is 64.1 Å². The molecule has 28 heavy (non-hydrogen) atoms. The molecule has 3 aliphatic rings. The van der Waals surface area contributed by atoms with Gasteiger partial charge in [-0.15, -0.1) is 5.10 Å². The van der Waals surface area contributed by atoms with Gasteiger partial charge in [-0.2, -0.15) is 0 Å². The average molecular weight is 391 g/mol. The molecular formula is C20H34N6O2. The summed E-state index contributed by atoms with van der Waals surface area (Å²) in [7, 11) is 2.24. The van der Waals surface area contributed by atoms with Crippen molar-refractivity contribution in [3.05, 3.63) is 6.20 Å². The number of carbonyl (C=O) groups excluding carboxylic acids is 1. The molecule has 156 valence electrons. The third-order valence-corrected chi connectivity index (χ3v) is 6.70. The summed E-state index contributed by atoms with van der Waals surface area (Å²) in [6, 6.07) is 0. The summed E-state index contributed by atoms with van der Waals surface area (Å²) in [5.74, 6) is 2.46. The van der Waals surface area contributed by atoms with Crippen LogP contribution < -0.4 is 10.2 Å². The fraction of sp³-hybridized carbons (Fsp3) is 0.850. The van der Waals surface area contributed by atoms with Crippen molar-refractivity contribution in [2.45, 2.75) is 32.1 Å². The lowest BCUT2D eigenvalue weighted by Crippen LogP contribution is -2.42. The van der Waals surface area contributed by atoms with Crippen molar-refractivity contribution in [1.82, 2.24) is 25.5 Å². The van der Waals surface area contributed by atoms with Crippen LogP contribution in [0.4, 0.5) is 5.88 Å². The molecule has 4 rings (SSSR count). The van der Waals surface area contributed by atoms with Crippen molar-refractivity contribution in [1.29, 1.82) is 0 Å². The Hall–Kier alpha value is -1.67. The van der Waals surface area contributed by atoms with Crippen molar-refractivity contribution >= 4 is 11.8 Å². The van der Waals surface area contributed by atoms with Crippen LogP contribution in [0.3, 0.4) is 0 Å². The molecule has 1 amide bonds. The van der Waals surface area contributed by atoms with Crippen molar-refractivity contribution in [3.63, 3.8) is 0 Å². The van der Waals surface area contributed by atoms with Crippen molar-refractivity contribution in [2.75, 3.05) is 64.3 Å². The highest BCUT2D eigenvalue weighted by atomic mass is 16.5. The summed E-state index contributed by atoms with van der Waals surface area (Å²) in [5, 5.41) is 10.5. The maximum atomic E-state index is 12.6. The molecule has 4 heterocycles. The van der Waals surface area contributed by atoms with E-state index >= 15 is 0 Å². The van der Waals surface area contributed by atoms with Gasteiger partial charge in [0.2, 0.25) is 11.8 Å². The highest BCUT2D eigenvalue weighted by Gasteiger charge is 2.29. The summed E-state index contributed by atoms with van der Waals surface area (Å²) in [6.45, 7) is 8.50. The Balaban J connectivity index is 1.14. The first kappa shape index (κ1) is 19.6. The van der Waals surface area contributed by atoms with E-state index in [9.17, 15) is 4.79 Å². The lowest BCUT2D eigenvalue weighted by molar-refractivity contribution is -0.125. The van der Waals surface area contributed by atoms with Gasteiger partial charge in [0.15, 0.2) is 0 Å². The van der Waals surface area contributed by atoms with E-state index in [2.05, 4.69) is 37.4 Å². The standard InChI is InChI=1S/C20H34N6O2/c1-24-7-2-3-17(13-24)15-25-8-4-16(14-25)11-21-20(27)18-5-9-26(10-6-18)19-12-22-23-28-19/h12,16-18H,2-11,13-15H2,1H3,(H,21,27)/t16?,17-/m0/s1. The predicted octanol–water partition coefficient (Wildman–Crippen LogP) is 1.07. The predicted molar refractivity (Wildman–Crippen MR) is 107 cm³/mol. The number of hydrogen-bond donors (Lipinski definition) is 1. The number of nitrogens with zero attached hydrogens (tertiary/aromatic N) is 5. The average Bonchev–Trinajstić information content (AvgIpc) is 3.39. The molecule has 3 fully saturated rings. The van der Waals surface area contributed by atoms with Gasteiger partial charge in [0.1, 0.15) is 6.20 Å². The first-order valence-corrected chi connectivity index (χ1v) is 10.9. The number of hydrogen-bond acceptors (Lipinski definition) is 7. The normalized spacial score (nSPS) is 28.0. The Kier molecular flexibility index (Phi) is 6.47. The topological polar surface area (TPSA) is 77.7 Å². The monoisotopic (exact) mass is 390 g/mol. The fourth-order valence-corrected chi connectivity index (χ4v) is 5.09. The SMILES string of the molecule is CN1CCC[C@H](CN2CCC(CNC(=O)C3CCN(c4cnno4)CC3)C2)C1. The highest BCUT2D eigenvalue weighted by Crippen LogP contribution is 2.24. The minimum atomic E-state index is 0.113. The van der Waals surface area contributed by atoms with Gasteiger partial charge in [0.05, 0.1) is 0 Å².